The number of hydrogen-bond donors (Lipinski definition) is 1. The predicted molar refractivity (Wildman–Crippen MR) is 75.1 cm³/mol. The maximum absolute atomic E-state index is 13.0. The fraction of sp³-hybridized carbons (Fsp3) is 0.533. The molecule has 1 saturated heterocycles. The lowest BCUT2D eigenvalue weighted by Crippen LogP contribution is -2.42. The third-order valence-electron chi connectivity index (χ3n) is 3.51. The number of nitrogens with one attached hydrogen (secondary N) is 1. The minimum Gasteiger partial charge on any atom is -0.492 e. The summed E-state index contributed by atoms with van der Waals surface area (Å²) in [6, 6.07) is 6.02. The number of rotatable bonds is 5. The number of nitrogens with zero attached hydrogens (tertiary/aromatic N) is 1. The fourth-order valence-corrected chi connectivity index (χ4v) is 2.34. The largest absolute Gasteiger partial charge is 0.492 e. The Morgan fingerprint density at radius 3 is 3.10 bits per heavy atom. The average Bonchev–Trinajstić information content (AvgIpc) is 2.47. The molecule has 1 aromatic carbocycles. The van der Waals surface area contributed by atoms with Crippen molar-refractivity contribution in [2.75, 3.05) is 33.3 Å². The van der Waals surface area contributed by atoms with Crippen LogP contribution in [0.5, 0.6) is 5.75 Å². The molecule has 1 atom stereocenters. The van der Waals surface area contributed by atoms with Crippen LogP contribution in [0.15, 0.2) is 24.3 Å². The van der Waals surface area contributed by atoms with Gasteiger partial charge in [-0.1, -0.05) is 6.07 Å². The van der Waals surface area contributed by atoms with Crippen molar-refractivity contribution in [2.45, 2.75) is 12.8 Å². The molecule has 1 aromatic rings. The number of likely N-dealkylation sites (N-methyl/N-ethyl adjacent to an activating group) is 1. The lowest BCUT2D eigenvalue weighted by atomic mass is 9.98. The zero-order valence-electron chi connectivity index (χ0n) is 11.8. The molecule has 1 amide bonds. The number of amides is 1. The molecular weight excluding hydrogens is 259 g/mol. The van der Waals surface area contributed by atoms with Crippen LogP contribution in [0.1, 0.15) is 12.8 Å². The summed E-state index contributed by atoms with van der Waals surface area (Å²) in [5.41, 5.74) is 0. The van der Waals surface area contributed by atoms with Gasteiger partial charge in [0, 0.05) is 19.7 Å². The molecule has 5 heteroatoms. The van der Waals surface area contributed by atoms with Crippen molar-refractivity contribution in [3.05, 3.63) is 30.1 Å². The molecule has 0 saturated carbocycles. The smallest absolute Gasteiger partial charge is 0.226 e. The number of carbonyl (C=O) groups excluding carboxylic acids is 1. The minimum atomic E-state index is -0.319. The Labute approximate surface area is 118 Å². The van der Waals surface area contributed by atoms with Crippen LogP contribution in [-0.2, 0) is 4.79 Å². The molecule has 0 spiro atoms. The van der Waals surface area contributed by atoms with Gasteiger partial charge in [-0.05, 0) is 31.5 Å². The first-order chi connectivity index (χ1) is 9.66. The second-order valence-corrected chi connectivity index (χ2v) is 5.11. The topological polar surface area (TPSA) is 41.6 Å². The summed E-state index contributed by atoms with van der Waals surface area (Å²) in [5, 5.41) is 3.24. The molecule has 20 heavy (non-hydrogen) atoms. The first-order valence-electron chi connectivity index (χ1n) is 7.01. The summed E-state index contributed by atoms with van der Waals surface area (Å²) in [6.45, 7) is 2.63. The van der Waals surface area contributed by atoms with Crippen molar-refractivity contribution in [1.29, 1.82) is 0 Å². The summed E-state index contributed by atoms with van der Waals surface area (Å²) in [5.74, 6) is 0.397. The van der Waals surface area contributed by atoms with Crippen LogP contribution in [0, 0.1) is 11.7 Å². The van der Waals surface area contributed by atoms with E-state index < -0.39 is 0 Å². The number of hydrogen-bond acceptors (Lipinski definition) is 3. The van der Waals surface area contributed by atoms with Gasteiger partial charge in [0.2, 0.25) is 5.91 Å². The van der Waals surface area contributed by atoms with Crippen molar-refractivity contribution in [2.24, 2.45) is 5.92 Å². The third kappa shape index (κ3) is 4.20. The van der Waals surface area contributed by atoms with Crippen molar-refractivity contribution in [1.82, 2.24) is 10.2 Å². The van der Waals surface area contributed by atoms with Gasteiger partial charge in [-0.25, -0.2) is 4.39 Å². The Hall–Kier alpha value is -1.62. The van der Waals surface area contributed by atoms with E-state index in [9.17, 15) is 9.18 Å². The minimum absolute atomic E-state index is 0.0721. The van der Waals surface area contributed by atoms with Crippen LogP contribution >= 0.6 is 0 Å². The van der Waals surface area contributed by atoms with Gasteiger partial charge in [0.25, 0.3) is 0 Å². The molecule has 1 N–H and O–H groups in total. The van der Waals surface area contributed by atoms with E-state index in [2.05, 4.69) is 5.32 Å². The van der Waals surface area contributed by atoms with E-state index in [1.165, 1.54) is 12.1 Å². The molecule has 0 radical (unpaired) electrons. The first kappa shape index (κ1) is 14.8. The molecular formula is C15H21FN2O2. The zero-order chi connectivity index (χ0) is 14.4. The van der Waals surface area contributed by atoms with E-state index in [-0.39, 0.29) is 17.6 Å². The molecule has 110 valence electrons. The van der Waals surface area contributed by atoms with E-state index in [1.54, 1.807) is 24.1 Å². The van der Waals surface area contributed by atoms with Crippen LogP contribution in [0.3, 0.4) is 0 Å². The monoisotopic (exact) mass is 280 g/mol. The summed E-state index contributed by atoms with van der Waals surface area (Å²) < 4.78 is 18.4. The van der Waals surface area contributed by atoms with Crippen LogP contribution < -0.4 is 10.1 Å². The quantitative estimate of drug-likeness (QED) is 0.892. The Kier molecular flexibility index (Phi) is 5.35. The maximum Gasteiger partial charge on any atom is 0.226 e. The van der Waals surface area contributed by atoms with Crippen LogP contribution in [-0.4, -0.2) is 44.1 Å². The van der Waals surface area contributed by atoms with Gasteiger partial charge >= 0.3 is 0 Å². The van der Waals surface area contributed by atoms with Gasteiger partial charge in [0.05, 0.1) is 12.5 Å². The van der Waals surface area contributed by atoms with E-state index >= 15 is 0 Å². The molecule has 0 aliphatic carbocycles. The SMILES string of the molecule is CN(CCOc1cccc(F)c1)C(=O)[C@@H]1CCCNC1. The van der Waals surface area contributed by atoms with E-state index in [0.717, 1.165) is 25.9 Å². The molecule has 1 fully saturated rings. The second kappa shape index (κ2) is 7.24. The highest BCUT2D eigenvalue weighted by Gasteiger charge is 2.23. The highest BCUT2D eigenvalue weighted by molar-refractivity contribution is 5.78. The number of piperidine rings is 1. The van der Waals surface area contributed by atoms with E-state index in [0.29, 0.717) is 18.9 Å². The van der Waals surface area contributed by atoms with Crippen molar-refractivity contribution in [3.63, 3.8) is 0 Å². The Balaban J connectivity index is 1.74. The van der Waals surface area contributed by atoms with Gasteiger partial charge in [-0.15, -0.1) is 0 Å². The molecule has 4 nitrogen and oxygen atoms in total. The zero-order valence-corrected chi connectivity index (χ0v) is 11.8. The van der Waals surface area contributed by atoms with Gasteiger partial charge < -0.3 is 15.0 Å². The lowest BCUT2D eigenvalue weighted by molar-refractivity contribution is -0.135. The molecule has 0 bridgehead atoms. The highest BCUT2D eigenvalue weighted by Crippen LogP contribution is 2.14. The number of benzene rings is 1. The molecule has 1 aliphatic rings. The van der Waals surface area contributed by atoms with Crippen molar-refractivity contribution in [3.8, 4) is 5.75 Å². The summed E-state index contributed by atoms with van der Waals surface area (Å²) in [6.07, 6.45) is 1.99. The maximum atomic E-state index is 13.0. The van der Waals surface area contributed by atoms with Gasteiger partial charge in [0.1, 0.15) is 18.2 Å². The van der Waals surface area contributed by atoms with Crippen molar-refractivity contribution < 1.29 is 13.9 Å². The van der Waals surface area contributed by atoms with Crippen molar-refractivity contribution >= 4 is 5.91 Å². The summed E-state index contributed by atoms with van der Waals surface area (Å²) in [4.78, 5) is 13.9. The first-order valence-corrected chi connectivity index (χ1v) is 7.01. The van der Waals surface area contributed by atoms with E-state index in [1.807, 2.05) is 0 Å². The molecule has 1 aliphatic heterocycles. The average molecular weight is 280 g/mol. The molecule has 2 rings (SSSR count). The summed E-state index contributed by atoms with van der Waals surface area (Å²) >= 11 is 0. The van der Waals surface area contributed by atoms with Gasteiger partial charge in [-0.2, -0.15) is 0 Å². The second-order valence-electron chi connectivity index (χ2n) is 5.11. The molecule has 0 aromatic heterocycles. The van der Waals surface area contributed by atoms with E-state index in [4.69, 9.17) is 4.74 Å². The number of carbonyl (C=O) groups is 1. The molecule has 1 heterocycles. The fourth-order valence-electron chi connectivity index (χ4n) is 2.34. The highest BCUT2D eigenvalue weighted by atomic mass is 19.1. The summed E-state index contributed by atoms with van der Waals surface area (Å²) in [7, 11) is 1.78. The van der Waals surface area contributed by atoms with Crippen LogP contribution in [0.4, 0.5) is 4.39 Å². The third-order valence-corrected chi connectivity index (χ3v) is 3.51. The molecule has 0 unspecified atom stereocenters. The number of ether oxygens (including phenoxy) is 1. The van der Waals surface area contributed by atoms with Crippen LogP contribution in [0.25, 0.3) is 0 Å². The number of halogens is 1. The Morgan fingerprint density at radius 1 is 1.55 bits per heavy atom. The Bertz CT molecular complexity index is 447. The van der Waals surface area contributed by atoms with Crippen LogP contribution in [0.2, 0.25) is 0 Å². The predicted octanol–water partition coefficient (Wildman–Crippen LogP) is 1.66. The standard InChI is InChI=1S/C15H21FN2O2/c1-18(15(19)12-4-3-7-17-11-12)8-9-20-14-6-2-5-13(16)10-14/h2,5-6,10,12,17H,3-4,7-9,11H2,1H3/t12-/m1/s1. The normalized spacial score (nSPS) is 18.6. The Morgan fingerprint density at radius 2 is 2.40 bits per heavy atom. The van der Waals surface area contributed by atoms with Gasteiger partial charge in [-0.3, -0.25) is 4.79 Å². The van der Waals surface area contributed by atoms with Gasteiger partial charge in [0.15, 0.2) is 0 Å². The lowest BCUT2D eigenvalue weighted by Gasteiger charge is -2.27.